The first-order chi connectivity index (χ1) is 14.8. The van der Waals surface area contributed by atoms with E-state index in [9.17, 15) is 0 Å². The van der Waals surface area contributed by atoms with E-state index in [1.54, 1.807) is 11.3 Å². The van der Waals surface area contributed by atoms with Crippen molar-refractivity contribution in [2.75, 3.05) is 30.3 Å². The van der Waals surface area contributed by atoms with Gasteiger partial charge in [0.2, 0.25) is 0 Å². The fourth-order valence-corrected chi connectivity index (χ4v) is 4.85. The average Bonchev–Trinajstić information content (AvgIpc) is 3.53. The maximum absolute atomic E-state index is 6.54. The Morgan fingerprint density at radius 1 is 1.17 bits per heavy atom. The molecule has 1 atom stereocenters. The monoisotopic (exact) mass is 439 g/mol. The molecular formula is C23H26ClN5S. The summed E-state index contributed by atoms with van der Waals surface area (Å²) >= 11 is 8.21. The van der Waals surface area contributed by atoms with Crippen LogP contribution in [0.25, 0.3) is 11.3 Å². The number of benzene rings is 1. The third kappa shape index (κ3) is 4.61. The summed E-state index contributed by atoms with van der Waals surface area (Å²) in [7, 11) is 0. The number of thiazole rings is 1. The summed E-state index contributed by atoms with van der Waals surface area (Å²) in [6.45, 7) is 3.49. The summed E-state index contributed by atoms with van der Waals surface area (Å²) in [5, 5.41) is 13.5. The van der Waals surface area contributed by atoms with Gasteiger partial charge in [0.05, 0.1) is 23.3 Å². The van der Waals surface area contributed by atoms with Gasteiger partial charge in [-0.2, -0.15) is 0 Å². The first kappa shape index (κ1) is 19.8. The molecule has 1 aliphatic heterocycles. The van der Waals surface area contributed by atoms with Crippen LogP contribution in [-0.4, -0.2) is 29.6 Å². The molecule has 7 heteroatoms. The minimum absolute atomic E-state index is 0.0171. The summed E-state index contributed by atoms with van der Waals surface area (Å²) in [5.74, 6) is 0.844. The Bertz CT molecular complexity index is 999. The molecule has 0 saturated heterocycles. The predicted molar refractivity (Wildman–Crippen MR) is 125 cm³/mol. The number of aromatic nitrogens is 2. The molecule has 0 bridgehead atoms. The maximum atomic E-state index is 6.54. The second kappa shape index (κ2) is 8.92. The fourth-order valence-electron chi connectivity index (χ4n) is 3.80. The van der Waals surface area contributed by atoms with Crippen LogP contribution in [0.2, 0.25) is 0 Å². The molecule has 2 aromatic heterocycles. The molecule has 0 amide bonds. The number of alkyl halides is 1. The molecule has 1 saturated carbocycles. The van der Waals surface area contributed by atoms with Gasteiger partial charge in [-0.05, 0) is 61.1 Å². The minimum Gasteiger partial charge on any atom is -0.379 e. The zero-order valence-electron chi connectivity index (χ0n) is 16.8. The minimum atomic E-state index is 0.0171. The van der Waals surface area contributed by atoms with Gasteiger partial charge in [-0.1, -0.05) is 12.1 Å². The van der Waals surface area contributed by atoms with Crippen molar-refractivity contribution in [3.63, 3.8) is 0 Å². The van der Waals surface area contributed by atoms with Crippen molar-refractivity contribution >= 4 is 33.8 Å². The highest BCUT2D eigenvalue weighted by Crippen LogP contribution is 2.32. The van der Waals surface area contributed by atoms with E-state index in [4.69, 9.17) is 16.6 Å². The van der Waals surface area contributed by atoms with E-state index in [0.717, 1.165) is 59.7 Å². The van der Waals surface area contributed by atoms with Gasteiger partial charge in [0.25, 0.3) is 0 Å². The number of anilines is 2. The topological polar surface area (TPSA) is 61.9 Å². The van der Waals surface area contributed by atoms with E-state index in [1.165, 1.54) is 24.0 Å². The molecule has 3 N–H and O–H groups in total. The molecular weight excluding hydrogens is 414 g/mol. The lowest BCUT2D eigenvalue weighted by Gasteiger charge is -2.16. The van der Waals surface area contributed by atoms with Crippen molar-refractivity contribution in [1.29, 1.82) is 0 Å². The smallest absolute Gasteiger partial charge is 0.183 e. The van der Waals surface area contributed by atoms with Gasteiger partial charge < -0.3 is 16.0 Å². The van der Waals surface area contributed by atoms with Crippen LogP contribution < -0.4 is 16.0 Å². The van der Waals surface area contributed by atoms with E-state index >= 15 is 0 Å². The summed E-state index contributed by atoms with van der Waals surface area (Å²) in [6, 6.07) is 10.5. The van der Waals surface area contributed by atoms with Crippen LogP contribution >= 0.6 is 22.9 Å². The first-order valence-electron chi connectivity index (χ1n) is 10.6. The molecule has 5 nitrogen and oxygen atoms in total. The van der Waals surface area contributed by atoms with E-state index < -0.39 is 0 Å². The lowest BCUT2D eigenvalue weighted by molar-refractivity contribution is 0.700. The molecule has 30 heavy (non-hydrogen) atoms. The van der Waals surface area contributed by atoms with Gasteiger partial charge in [0.1, 0.15) is 0 Å². The summed E-state index contributed by atoms with van der Waals surface area (Å²) in [6.07, 6.45) is 5.59. The second-order valence-corrected chi connectivity index (χ2v) is 9.43. The van der Waals surface area contributed by atoms with Crippen LogP contribution in [-0.2, 0) is 13.0 Å². The molecule has 3 aromatic rings. The summed E-state index contributed by atoms with van der Waals surface area (Å²) < 4.78 is 0. The van der Waals surface area contributed by atoms with Crippen LogP contribution in [0.15, 0.2) is 41.9 Å². The second-order valence-electron chi connectivity index (χ2n) is 8.05. The molecule has 1 fully saturated rings. The van der Waals surface area contributed by atoms with Crippen molar-refractivity contribution in [3.8, 4) is 11.3 Å². The van der Waals surface area contributed by atoms with Gasteiger partial charge in [-0.15, -0.1) is 22.9 Å². The first-order valence-corrected chi connectivity index (χ1v) is 11.9. The number of nitrogens with one attached hydrogen (secondary N) is 3. The highest BCUT2D eigenvalue weighted by atomic mass is 35.5. The zero-order valence-corrected chi connectivity index (χ0v) is 18.4. The molecule has 5 rings (SSSR count). The van der Waals surface area contributed by atoms with Crippen LogP contribution in [0.1, 0.15) is 35.0 Å². The van der Waals surface area contributed by atoms with Crippen molar-refractivity contribution in [2.24, 2.45) is 5.92 Å². The van der Waals surface area contributed by atoms with E-state index in [-0.39, 0.29) is 5.38 Å². The Labute approximate surface area is 186 Å². The lowest BCUT2D eigenvalue weighted by Crippen LogP contribution is -2.17. The van der Waals surface area contributed by atoms with Crippen molar-refractivity contribution in [1.82, 2.24) is 15.3 Å². The number of pyridine rings is 1. The standard InChI is InChI=1S/C23H26ClN5S/c24-20-13-25-9-8-19-18(20)2-1-3-21(19)27-12-17-7-6-16(11-26-17)22-14-30-23(29-22)28-10-15-4-5-15/h1-3,6-7,11,14-15,20,25,27H,4-5,8-10,12-13H2,(H,28,29). The summed E-state index contributed by atoms with van der Waals surface area (Å²) in [4.78, 5) is 9.35. The van der Waals surface area contributed by atoms with Gasteiger partial charge >= 0.3 is 0 Å². The van der Waals surface area contributed by atoms with Gasteiger partial charge in [0.15, 0.2) is 5.13 Å². The number of fused-ring (bicyclic) bond motifs is 1. The Hall–Kier alpha value is -2.15. The fraction of sp³-hybridized carbons (Fsp3) is 0.391. The van der Waals surface area contributed by atoms with Crippen LogP contribution in [0.5, 0.6) is 0 Å². The Morgan fingerprint density at radius 3 is 2.93 bits per heavy atom. The number of hydrogen-bond acceptors (Lipinski definition) is 6. The van der Waals surface area contributed by atoms with Crippen molar-refractivity contribution in [2.45, 2.75) is 31.2 Å². The quantitative estimate of drug-likeness (QED) is 0.449. The molecule has 3 heterocycles. The van der Waals surface area contributed by atoms with Crippen molar-refractivity contribution in [3.05, 3.63) is 58.7 Å². The van der Waals surface area contributed by atoms with E-state index in [2.05, 4.69) is 56.6 Å². The van der Waals surface area contributed by atoms with E-state index in [0.29, 0.717) is 6.54 Å². The van der Waals surface area contributed by atoms with Gasteiger partial charge in [0, 0.05) is 35.9 Å². The van der Waals surface area contributed by atoms with Gasteiger partial charge in [-0.25, -0.2) is 4.98 Å². The van der Waals surface area contributed by atoms with Crippen LogP contribution in [0, 0.1) is 5.92 Å². The van der Waals surface area contributed by atoms with Crippen molar-refractivity contribution < 1.29 is 0 Å². The maximum Gasteiger partial charge on any atom is 0.183 e. The summed E-state index contributed by atoms with van der Waals surface area (Å²) in [5.41, 5.74) is 6.74. The van der Waals surface area contributed by atoms with E-state index in [1.807, 2.05) is 6.20 Å². The zero-order chi connectivity index (χ0) is 20.3. The number of nitrogens with zero attached hydrogens (tertiary/aromatic N) is 2. The lowest BCUT2D eigenvalue weighted by atomic mass is 10.0. The largest absolute Gasteiger partial charge is 0.379 e. The van der Waals surface area contributed by atoms with Gasteiger partial charge in [-0.3, -0.25) is 4.98 Å². The average molecular weight is 440 g/mol. The van der Waals surface area contributed by atoms with Crippen LogP contribution in [0.4, 0.5) is 10.8 Å². The number of hydrogen-bond donors (Lipinski definition) is 3. The molecule has 1 unspecified atom stereocenters. The molecule has 1 aliphatic carbocycles. The third-order valence-corrected chi connectivity index (χ3v) is 6.94. The number of halogens is 1. The number of rotatable bonds is 7. The highest BCUT2D eigenvalue weighted by molar-refractivity contribution is 7.14. The van der Waals surface area contributed by atoms with Crippen LogP contribution in [0.3, 0.4) is 0 Å². The molecule has 0 radical (unpaired) electrons. The molecule has 156 valence electrons. The Balaban J connectivity index is 1.23. The Morgan fingerprint density at radius 2 is 2.10 bits per heavy atom. The normalized spacial score (nSPS) is 18.5. The Kier molecular flexibility index (Phi) is 5.88. The SMILES string of the molecule is ClC1CNCCc2c(NCc3ccc(-c4csc(NCC5CC5)n4)cn3)cccc21. The molecule has 0 spiro atoms. The predicted octanol–water partition coefficient (Wildman–Crippen LogP) is 5.06. The molecule has 1 aromatic carbocycles. The highest BCUT2D eigenvalue weighted by Gasteiger charge is 2.21. The molecule has 2 aliphatic rings. The third-order valence-electron chi connectivity index (χ3n) is 5.75.